The Bertz CT molecular complexity index is 705. The van der Waals surface area contributed by atoms with Crippen molar-refractivity contribution in [1.29, 1.82) is 0 Å². The second-order valence-electron chi connectivity index (χ2n) is 6.06. The van der Waals surface area contributed by atoms with Crippen molar-refractivity contribution in [3.63, 3.8) is 0 Å². The van der Waals surface area contributed by atoms with Crippen LogP contribution in [0.2, 0.25) is 0 Å². The predicted octanol–water partition coefficient (Wildman–Crippen LogP) is 4.20. The summed E-state index contributed by atoms with van der Waals surface area (Å²) >= 11 is 0. The smallest absolute Gasteiger partial charge is 0.147 e. The van der Waals surface area contributed by atoms with Crippen LogP contribution >= 0.6 is 0 Å². The first-order valence-corrected chi connectivity index (χ1v) is 8.44. The highest BCUT2D eigenvalue weighted by atomic mass is 16.5. The number of rotatable bonds is 8. The summed E-state index contributed by atoms with van der Waals surface area (Å²) in [6.07, 6.45) is 0. The fraction of sp³-hybridized carbons (Fsp3) is 0.381. The molecule has 0 bridgehead atoms. The van der Waals surface area contributed by atoms with Crippen LogP contribution in [-0.2, 0) is 4.79 Å². The van der Waals surface area contributed by atoms with E-state index < -0.39 is 0 Å². The Morgan fingerprint density at radius 3 is 1.38 bits per heavy atom. The summed E-state index contributed by atoms with van der Waals surface area (Å²) in [6.45, 7) is 3.78. The second-order valence-corrected chi connectivity index (χ2v) is 6.06. The van der Waals surface area contributed by atoms with Gasteiger partial charge in [-0.1, -0.05) is 26.0 Å². The van der Waals surface area contributed by atoms with E-state index in [2.05, 4.69) is 0 Å². The monoisotopic (exact) mass is 358 g/mol. The molecule has 0 N–H and O–H groups in total. The Morgan fingerprint density at radius 1 is 0.692 bits per heavy atom. The van der Waals surface area contributed by atoms with Crippen LogP contribution < -0.4 is 18.9 Å². The van der Waals surface area contributed by atoms with Crippen molar-refractivity contribution in [1.82, 2.24) is 0 Å². The van der Waals surface area contributed by atoms with E-state index in [9.17, 15) is 4.79 Å². The van der Waals surface area contributed by atoms with Crippen molar-refractivity contribution >= 4 is 5.78 Å². The summed E-state index contributed by atoms with van der Waals surface area (Å²) in [5.41, 5.74) is 1.66. The zero-order valence-electron chi connectivity index (χ0n) is 16.2. The van der Waals surface area contributed by atoms with Gasteiger partial charge in [-0.05, 0) is 12.1 Å². The maximum atomic E-state index is 13.1. The van der Waals surface area contributed by atoms with Crippen molar-refractivity contribution in [2.45, 2.75) is 25.7 Å². The molecule has 0 amide bonds. The predicted molar refractivity (Wildman–Crippen MR) is 101 cm³/mol. The summed E-state index contributed by atoms with van der Waals surface area (Å²) in [5, 5.41) is 0. The van der Waals surface area contributed by atoms with Crippen LogP contribution in [-0.4, -0.2) is 34.2 Å². The Hall–Kier alpha value is -2.69. The van der Waals surface area contributed by atoms with Gasteiger partial charge in [-0.25, -0.2) is 0 Å². The van der Waals surface area contributed by atoms with E-state index in [1.807, 2.05) is 38.1 Å². The molecule has 2 rings (SSSR count). The van der Waals surface area contributed by atoms with Crippen molar-refractivity contribution in [3.8, 4) is 23.0 Å². The highest BCUT2D eigenvalue weighted by Gasteiger charge is 2.27. The molecule has 140 valence electrons. The molecular weight excluding hydrogens is 332 g/mol. The number of ketones is 1. The summed E-state index contributed by atoms with van der Waals surface area (Å²) in [4.78, 5) is 13.1. The zero-order valence-corrected chi connectivity index (χ0v) is 16.2. The van der Waals surface area contributed by atoms with E-state index >= 15 is 0 Å². The van der Waals surface area contributed by atoms with E-state index in [1.165, 1.54) is 0 Å². The first-order valence-electron chi connectivity index (χ1n) is 8.44. The van der Waals surface area contributed by atoms with Gasteiger partial charge in [-0.2, -0.15) is 0 Å². The van der Waals surface area contributed by atoms with Gasteiger partial charge in [0.2, 0.25) is 0 Å². The van der Waals surface area contributed by atoms with Gasteiger partial charge in [0.15, 0.2) is 0 Å². The molecule has 0 radical (unpaired) electrons. The molecule has 5 heteroatoms. The molecule has 0 heterocycles. The van der Waals surface area contributed by atoms with Crippen LogP contribution in [0.3, 0.4) is 0 Å². The topological polar surface area (TPSA) is 54.0 Å². The lowest BCUT2D eigenvalue weighted by atomic mass is 9.85. The molecule has 0 aromatic heterocycles. The lowest BCUT2D eigenvalue weighted by molar-refractivity contribution is -0.121. The minimum Gasteiger partial charge on any atom is -0.497 e. The van der Waals surface area contributed by atoms with Gasteiger partial charge in [0.1, 0.15) is 28.8 Å². The molecule has 0 aliphatic rings. The third-order valence-corrected chi connectivity index (χ3v) is 4.67. The lowest BCUT2D eigenvalue weighted by Crippen LogP contribution is -2.18. The minimum atomic E-state index is -0.335. The molecule has 0 spiro atoms. The summed E-state index contributed by atoms with van der Waals surface area (Å²) in [5.74, 6) is 2.07. The number of hydrogen-bond donors (Lipinski definition) is 0. The van der Waals surface area contributed by atoms with Crippen LogP contribution in [0.4, 0.5) is 0 Å². The molecule has 5 nitrogen and oxygen atoms in total. The first-order chi connectivity index (χ1) is 12.5. The number of carbonyl (C=O) groups is 1. The fourth-order valence-corrected chi connectivity index (χ4v) is 3.03. The van der Waals surface area contributed by atoms with Crippen molar-refractivity contribution in [2.24, 2.45) is 0 Å². The van der Waals surface area contributed by atoms with Crippen molar-refractivity contribution in [3.05, 3.63) is 47.5 Å². The number of ether oxygens (including phenoxy) is 4. The van der Waals surface area contributed by atoms with E-state index in [0.29, 0.717) is 23.0 Å². The molecule has 0 saturated carbocycles. The Labute approximate surface area is 154 Å². The fourth-order valence-electron chi connectivity index (χ4n) is 3.03. The number of methoxy groups -OCH3 is 4. The average Bonchev–Trinajstić information content (AvgIpc) is 2.70. The number of Topliss-reactive ketones (excluding diaryl/α,β-unsaturated/α-hetero) is 1. The molecule has 0 saturated heterocycles. The normalized spacial score (nSPS) is 12.8. The number of hydrogen-bond acceptors (Lipinski definition) is 5. The molecule has 2 unspecified atom stereocenters. The molecule has 0 aliphatic carbocycles. The Kier molecular flexibility index (Phi) is 6.50. The van der Waals surface area contributed by atoms with Crippen molar-refractivity contribution in [2.75, 3.05) is 28.4 Å². The third-order valence-electron chi connectivity index (χ3n) is 4.67. The maximum Gasteiger partial charge on any atom is 0.147 e. The van der Waals surface area contributed by atoms with Gasteiger partial charge in [0.05, 0.1) is 28.4 Å². The number of carbonyl (C=O) groups excluding carboxylic acids is 1. The molecule has 2 aromatic carbocycles. The Balaban J connectivity index is 2.33. The van der Waals surface area contributed by atoms with Crippen molar-refractivity contribution < 1.29 is 23.7 Å². The molecule has 2 aromatic rings. The third kappa shape index (κ3) is 3.93. The van der Waals surface area contributed by atoms with Crippen LogP contribution in [0.5, 0.6) is 23.0 Å². The minimum absolute atomic E-state index is 0.0805. The van der Waals surface area contributed by atoms with Gasteiger partial charge in [-0.15, -0.1) is 0 Å². The molecular formula is C21H26O5. The highest BCUT2D eigenvalue weighted by Crippen LogP contribution is 2.37. The maximum absolute atomic E-state index is 13.1. The Morgan fingerprint density at radius 2 is 1.08 bits per heavy atom. The van der Waals surface area contributed by atoms with Gasteiger partial charge >= 0.3 is 0 Å². The van der Waals surface area contributed by atoms with E-state index in [1.54, 1.807) is 40.6 Å². The van der Waals surface area contributed by atoms with Crippen LogP contribution in [0, 0.1) is 0 Å². The van der Waals surface area contributed by atoms with Gasteiger partial charge in [-0.3, -0.25) is 4.79 Å². The van der Waals surface area contributed by atoms with E-state index in [-0.39, 0.29) is 17.6 Å². The second kappa shape index (κ2) is 8.61. The molecule has 26 heavy (non-hydrogen) atoms. The zero-order chi connectivity index (χ0) is 19.3. The first kappa shape index (κ1) is 19.6. The average molecular weight is 358 g/mol. The van der Waals surface area contributed by atoms with E-state index in [4.69, 9.17) is 18.9 Å². The lowest BCUT2D eigenvalue weighted by Gasteiger charge is -2.21. The number of benzene rings is 2. The highest BCUT2D eigenvalue weighted by molar-refractivity contribution is 5.92. The van der Waals surface area contributed by atoms with E-state index in [0.717, 1.165) is 11.1 Å². The summed E-state index contributed by atoms with van der Waals surface area (Å²) < 4.78 is 21.3. The molecule has 0 fully saturated rings. The van der Waals surface area contributed by atoms with Crippen LogP contribution in [0.15, 0.2) is 36.4 Å². The van der Waals surface area contributed by atoms with Gasteiger partial charge < -0.3 is 18.9 Å². The largest absolute Gasteiger partial charge is 0.497 e. The van der Waals surface area contributed by atoms with Crippen LogP contribution in [0.1, 0.15) is 36.8 Å². The molecule has 2 atom stereocenters. The van der Waals surface area contributed by atoms with Gasteiger partial charge in [0.25, 0.3) is 0 Å². The summed E-state index contributed by atoms with van der Waals surface area (Å²) in [7, 11) is 6.37. The van der Waals surface area contributed by atoms with Gasteiger partial charge in [0, 0.05) is 35.1 Å². The SMILES string of the molecule is COc1ccc(C(C)C(=O)C(C)c2ccc(OC)cc2OC)c(OC)c1. The van der Waals surface area contributed by atoms with Crippen LogP contribution in [0.25, 0.3) is 0 Å². The molecule has 0 aliphatic heterocycles. The summed E-state index contributed by atoms with van der Waals surface area (Å²) in [6, 6.07) is 11.0. The quantitative estimate of drug-likeness (QED) is 0.708. The standard InChI is InChI=1S/C21H26O5/c1-13(17-9-7-15(23-3)11-19(17)25-5)21(22)14(2)18-10-8-16(24-4)12-20(18)26-6/h7-14H,1-6H3.